The van der Waals surface area contributed by atoms with Gasteiger partial charge in [0.1, 0.15) is 0 Å². The van der Waals surface area contributed by atoms with Crippen LogP contribution in [0, 0.1) is 6.92 Å². The molecule has 1 N–H and O–H groups in total. The van der Waals surface area contributed by atoms with E-state index in [1.54, 1.807) is 0 Å². The molecule has 0 aliphatic heterocycles. The highest BCUT2D eigenvalue weighted by molar-refractivity contribution is 7.99. The highest BCUT2D eigenvalue weighted by Crippen LogP contribution is 2.27. The maximum absolute atomic E-state index is 4.44. The number of aromatic nitrogens is 1. The third-order valence-electron chi connectivity index (χ3n) is 3.52. The molecule has 0 bridgehead atoms. The maximum Gasteiger partial charge on any atom is 0.0541 e. The first-order valence-electron chi connectivity index (χ1n) is 6.47. The van der Waals surface area contributed by atoms with Crippen molar-refractivity contribution in [2.75, 3.05) is 6.26 Å². The van der Waals surface area contributed by atoms with Gasteiger partial charge in [0.05, 0.1) is 5.69 Å². The van der Waals surface area contributed by atoms with Crippen molar-refractivity contribution in [1.82, 2.24) is 10.3 Å². The van der Waals surface area contributed by atoms with Crippen LogP contribution in [0.2, 0.25) is 0 Å². The molecule has 1 fully saturated rings. The van der Waals surface area contributed by atoms with Crippen LogP contribution in [0.3, 0.4) is 0 Å². The molecule has 0 aromatic carbocycles. The molecule has 1 aliphatic rings. The van der Waals surface area contributed by atoms with E-state index < -0.39 is 0 Å². The summed E-state index contributed by atoms with van der Waals surface area (Å²) >= 11 is 2.01. The van der Waals surface area contributed by atoms with Gasteiger partial charge in [0, 0.05) is 24.0 Å². The average Bonchev–Trinajstić information content (AvgIpc) is 2.38. The lowest BCUT2D eigenvalue weighted by atomic mass is 9.95. The Morgan fingerprint density at radius 1 is 1.35 bits per heavy atom. The molecule has 0 saturated heterocycles. The molecule has 2 nitrogen and oxygen atoms in total. The molecule has 1 aromatic heterocycles. The van der Waals surface area contributed by atoms with Gasteiger partial charge in [0.15, 0.2) is 0 Å². The highest BCUT2D eigenvalue weighted by atomic mass is 32.2. The number of pyridine rings is 1. The van der Waals surface area contributed by atoms with Gasteiger partial charge in [-0.1, -0.05) is 18.9 Å². The largest absolute Gasteiger partial charge is 0.307 e. The third kappa shape index (κ3) is 3.71. The van der Waals surface area contributed by atoms with E-state index in [0.29, 0.717) is 6.04 Å². The van der Waals surface area contributed by atoms with Crippen LogP contribution in [-0.2, 0) is 6.54 Å². The fourth-order valence-electron chi connectivity index (χ4n) is 2.45. The molecule has 1 aromatic rings. The smallest absolute Gasteiger partial charge is 0.0541 e. The molecule has 2 rings (SSSR count). The van der Waals surface area contributed by atoms with Crippen molar-refractivity contribution in [1.29, 1.82) is 0 Å². The molecule has 1 heterocycles. The van der Waals surface area contributed by atoms with Crippen LogP contribution in [0.15, 0.2) is 18.3 Å². The Hall–Kier alpha value is -0.540. The molecular formula is C14H22N2S. The summed E-state index contributed by atoms with van der Waals surface area (Å²) in [6.45, 7) is 2.98. The van der Waals surface area contributed by atoms with Gasteiger partial charge in [0.25, 0.3) is 0 Å². The fraction of sp³-hybridized carbons (Fsp3) is 0.643. The van der Waals surface area contributed by atoms with Crippen LogP contribution in [0.4, 0.5) is 0 Å². The summed E-state index contributed by atoms with van der Waals surface area (Å²) in [5.74, 6) is 0. The number of aryl methyl sites for hydroxylation is 1. The second-order valence-corrected chi connectivity index (χ2v) is 5.95. The molecular weight excluding hydrogens is 228 g/mol. The minimum atomic E-state index is 0.668. The van der Waals surface area contributed by atoms with Crippen molar-refractivity contribution in [3.05, 3.63) is 29.6 Å². The minimum absolute atomic E-state index is 0.668. The first kappa shape index (κ1) is 12.9. The third-order valence-corrected chi connectivity index (χ3v) is 4.69. The lowest BCUT2D eigenvalue weighted by Gasteiger charge is -2.31. The summed E-state index contributed by atoms with van der Waals surface area (Å²) < 4.78 is 0. The van der Waals surface area contributed by atoms with Crippen LogP contribution in [0.1, 0.15) is 36.9 Å². The summed E-state index contributed by atoms with van der Waals surface area (Å²) in [4.78, 5) is 4.44. The van der Waals surface area contributed by atoms with E-state index in [9.17, 15) is 0 Å². The molecule has 0 amide bonds. The zero-order valence-corrected chi connectivity index (χ0v) is 11.6. The number of hydrogen-bond acceptors (Lipinski definition) is 3. The zero-order chi connectivity index (χ0) is 12.1. The average molecular weight is 250 g/mol. The molecule has 1 saturated carbocycles. The summed E-state index contributed by atoms with van der Waals surface area (Å²) in [6.07, 6.45) is 9.62. The second kappa shape index (κ2) is 6.41. The first-order chi connectivity index (χ1) is 8.29. The van der Waals surface area contributed by atoms with Crippen LogP contribution in [-0.4, -0.2) is 22.5 Å². The van der Waals surface area contributed by atoms with Gasteiger partial charge in [-0.15, -0.1) is 0 Å². The predicted molar refractivity (Wildman–Crippen MR) is 75.4 cm³/mol. The summed E-state index contributed by atoms with van der Waals surface area (Å²) in [5, 5.41) is 4.46. The highest BCUT2D eigenvalue weighted by Gasteiger charge is 2.23. The van der Waals surface area contributed by atoms with E-state index in [-0.39, 0.29) is 0 Å². The van der Waals surface area contributed by atoms with E-state index in [2.05, 4.69) is 35.6 Å². The minimum Gasteiger partial charge on any atom is -0.307 e. The lowest BCUT2D eigenvalue weighted by Crippen LogP contribution is -2.40. The Labute approximate surface area is 109 Å². The van der Waals surface area contributed by atoms with Gasteiger partial charge in [-0.2, -0.15) is 11.8 Å². The van der Waals surface area contributed by atoms with Gasteiger partial charge in [-0.25, -0.2) is 0 Å². The van der Waals surface area contributed by atoms with Gasteiger partial charge in [-0.05, 0) is 37.7 Å². The maximum atomic E-state index is 4.44. The van der Waals surface area contributed by atoms with Crippen LogP contribution in [0.25, 0.3) is 0 Å². The Kier molecular flexibility index (Phi) is 4.86. The first-order valence-corrected chi connectivity index (χ1v) is 7.76. The van der Waals surface area contributed by atoms with Crippen LogP contribution >= 0.6 is 11.8 Å². The molecule has 2 atom stereocenters. The molecule has 94 valence electrons. The van der Waals surface area contributed by atoms with Crippen molar-refractivity contribution in [3.63, 3.8) is 0 Å². The van der Waals surface area contributed by atoms with Gasteiger partial charge in [0.2, 0.25) is 0 Å². The van der Waals surface area contributed by atoms with Crippen molar-refractivity contribution < 1.29 is 0 Å². The van der Waals surface area contributed by atoms with Crippen molar-refractivity contribution in [3.8, 4) is 0 Å². The van der Waals surface area contributed by atoms with Crippen LogP contribution < -0.4 is 5.32 Å². The van der Waals surface area contributed by atoms with Gasteiger partial charge in [-0.3, -0.25) is 4.98 Å². The predicted octanol–water partition coefficient (Wildman–Crippen LogP) is 3.15. The molecule has 0 spiro atoms. The Bertz CT molecular complexity index is 337. The zero-order valence-electron chi connectivity index (χ0n) is 10.8. The lowest BCUT2D eigenvalue weighted by molar-refractivity contribution is 0.381. The summed E-state index contributed by atoms with van der Waals surface area (Å²) in [6, 6.07) is 4.93. The number of thioether (sulfide) groups is 1. The van der Waals surface area contributed by atoms with Crippen molar-refractivity contribution >= 4 is 11.8 Å². The molecule has 1 aliphatic carbocycles. The molecule has 17 heavy (non-hydrogen) atoms. The SMILES string of the molecule is CSC1CCCCC1NCc1ccc(C)cn1. The van der Waals surface area contributed by atoms with Gasteiger partial charge < -0.3 is 5.32 Å². The number of hydrogen-bond donors (Lipinski definition) is 1. The Morgan fingerprint density at radius 2 is 2.18 bits per heavy atom. The standard InChI is InChI=1S/C14H22N2S/c1-11-7-8-12(15-9-11)10-16-13-5-3-4-6-14(13)17-2/h7-9,13-14,16H,3-6,10H2,1-2H3. The van der Waals surface area contributed by atoms with E-state index in [4.69, 9.17) is 0 Å². The van der Waals surface area contributed by atoms with Crippen molar-refractivity contribution in [2.45, 2.75) is 50.4 Å². The number of nitrogens with one attached hydrogen (secondary N) is 1. The van der Waals surface area contributed by atoms with Crippen LogP contribution in [0.5, 0.6) is 0 Å². The summed E-state index contributed by atoms with van der Waals surface area (Å²) in [5.41, 5.74) is 2.38. The fourth-order valence-corrected chi connectivity index (χ4v) is 3.41. The monoisotopic (exact) mass is 250 g/mol. The van der Waals surface area contributed by atoms with E-state index in [0.717, 1.165) is 17.5 Å². The van der Waals surface area contributed by atoms with E-state index >= 15 is 0 Å². The second-order valence-electron chi connectivity index (χ2n) is 4.87. The Balaban J connectivity index is 1.86. The molecule has 0 radical (unpaired) electrons. The normalized spacial score (nSPS) is 24.8. The summed E-state index contributed by atoms with van der Waals surface area (Å²) in [7, 11) is 0. The Morgan fingerprint density at radius 3 is 2.88 bits per heavy atom. The topological polar surface area (TPSA) is 24.9 Å². The number of nitrogens with zero attached hydrogens (tertiary/aromatic N) is 1. The van der Waals surface area contributed by atoms with E-state index in [1.807, 2.05) is 18.0 Å². The van der Waals surface area contributed by atoms with Crippen molar-refractivity contribution in [2.24, 2.45) is 0 Å². The number of rotatable bonds is 4. The quantitative estimate of drug-likeness (QED) is 0.888. The molecule has 2 unspecified atom stereocenters. The molecule has 3 heteroatoms. The van der Waals surface area contributed by atoms with E-state index in [1.165, 1.54) is 31.2 Å². The van der Waals surface area contributed by atoms with Gasteiger partial charge >= 0.3 is 0 Å².